The van der Waals surface area contributed by atoms with E-state index in [4.69, 9.17) is 11.6 Å². The van der Waals surface area contributed by atoms with Gasteiger partial charge in [-0.3, -0.25) is 20.0 Å². The maximum Gasteiger partial charge on any atom is 0.291 e. The zero-order chi connectivity index (χ0) is 15.4. The van der Waals surface area contributed by atoms with Crippen LogP contribution in [-0.2, 0) is 0 Å². The summed E-state index contributed by atoms with van der Waals surface area (Å²) in [6.45, 7) is 1.76. The van der Waals surface area contributed by atoms with E-state index in [2.05, 4.69) is 20.7 Å². The number of carbonyl (C=O) groups excluding carboxylic acids is 1. The normalized spacial score (nSPS) is 10.8. The second kappa shape index (κ2) is 6.14. The Morgan fingerprint density at radius 2 is 2.29 bits per heavy atom. The minimum atomic E-state index is -0.543. The largest absolute Gasteiger partial charge is 0.291 e. The zero-order valence-corrected chi connectivity index (χ0v) is 11.6. The SMILES string of the molecule is Cc1cc(C(=O)N/N=C/c2cc([N+](=O)[O-])ccc2Cl)n[nH]1. The molecule has 0 spiro atoms. The molecule has 21 heavy (non-hydrogen) atoms. The number of nitro groups is 1. The minimum absolute atomic E-state index is 0.116. The highest BCUT2D eigenvalue weighted by atomic mass is 35.5. The van der Waals surface area contributed by atoms with Crippen molar-refractivity contribution in [2.45, 2.75) is 6.92 Å². The number of aromatic amines is 1. The first kappa shape index (κ1) is 14.7. The molecule has 0 aliphatic heterocycles. The Labute approximate surface area is 124 Å². The van der Waals surface area contributed by atoms with E-state index in [1.165, 1.54) is 24.4 Å². The standard InChI is InChI=1S/C12H10ClN5O3/c1-7-4-11(16-15-7)12(19)17-14-6-8-5-9(18(20)21)2-3-10(8)13/h2-6H,1H3,(H,15,16)(H,17,19)/b14-6+. The molecular weight excluding hydrogens is 298 g/mol. The molecule has 1 heterocycles. The van der Waals surface area contributed by atoms with Gasteiger partial charge in [0, 0.05) is 28.4 Å². The smallest absolute Gasteiger partial charge is 0.282 e. The van der Waals surface area contributed by atoms with Crippen LogP contribution in [0.4, 0.5) is 5.69 Å². The van der Waals surface area contributed by atoms with Crippen molar-refractivity contribution in [3.05, 3.63) is 56.4 Å². The van der Waals surface area contributed by atoms with E-state index in [1.807, 2.05) is 0 Å². The highest BCUT2D eigenvalue weighted by Gasteiger charge is 2.09. The van der Waals surface area contributed by atoms with Gasteiger partial charge in [-0.05, 0) is 19.1 Å². The molecule has 8 nitrogen and oxygen atoms in total. The van der Waals surface area contributed by atoms with Gasteiger partial charge in [-0.25, -0.2) is 5.43 Å². The predicted molar refractivity (Wildman–Crippen MR) is 76.5 cm³/mol. The molecule has 2 aromatic rings. The van der Waals surface area contributed by atoms with Crippen LogP contribution in [0.25, 0.3) is 0 Å². The minimum Gasteiger partial charge on any atom is -0.282 e. The Morgan fingerprint density at radius 1 is 1.52 bits per heavy atom. The van der Waals surface area contributed by atoms with Crippen LogP contribution in [0.5, 0.6) is 0 Å². The Bertz CT molecular complexity index is 725. The Kier molecular flexibility index (Phi) is 4.29. The van der Waals surface area contributed by atoms with Crippen molar-refractivity contribution in [2.75, 3.05) is 0 Å². The molecule has 0 saturated heterocycles. The van der Waals surface area contributed by atoms with E-state index in [9.17, 15) is 14.9 Å². The number of hydrazone groups is 1. The quantitative estimate of drug-likeness (QED) is 0.511. The molecule has 9 heteroatoms. The molecular formula is C12H10ClN5O3. The molecule has 1 aromatic carbocycles. The number of hydrogen-bond donors (Lipinski definition) is 2. The van der Waals surface area contributed by atoms with Crippen molar-refractivity contribution in [1.29, 1.82) is 0 Å². The van der Waals surface area contributed by atoms with Gasteiger partial charge in [0.2, 0.25) is 0 Å². The molecule has 0 aliphatic rings. The zero-order valence-electron chi connectivity index (χ0n) is 10.8. The molecule has 1 aromatic heterocycles. The second-order valence-electron chi connectivity index (χ2n) is 4.10. The Balaban J connectivity index is 2.09. The highest BCUT2D eigenvalue weighted by molar-refractivity contribution is 6.33. The van der Waals surface area contributed by atoms with Crippen LogP contribution in [0.3, 0.4) is 0 Å². The first-order valence-electron chi connectivity index (χ1n) is 5.76. The Hall–Kier alpha value is -2.74. The monoisotopic (exact) mass is 307 g/mol. The van der Waals surface area contributed by atoms with Crippen LogP contribution in [0.15, 0.2) is 29.4 Å². The number of hydrogen-bond acceptors (Lipinski definition) is 5. The summed E-state index contributed by atoms with van der Waals surface area (Å²) >= 11 is 5.89. The first-order valence-corrected chi connectivity index (χ1v) is 6.14. The third kappa shape index (κ3) is 3.63. The molecule has 0 atom stereocenters. The lowest BCUT2D eigenvalue weighted by molar-refractivity contribution is -0.384. The second-order valence-corrected chi connectivity index (χ2v) is 4.51. The van der Waals surface area contributed by atoms with Gasteiger partial charge in [-0.2, -0.15) is 10.2 Å². The van der Waals surface area contributed by atoms with E-state index < -0.39 is 10.8 Å². The number of aromatic nitrogens is 2. The summed E-state index contributed by atoms with van der Waals surface area (Å²) in [6.07, 6.45) is 1.23. The van der Waals surface area contributed by atoms with E-state index in [0.29, 0.717) is 5.56 Å². The maximum absolute atomic E-state index is 11.7. The van der Waals surface area contributed by atoms with Crippen LogP contribution >= 0.6 is 11.6 Å². The van der Waals surface area contributed by atoms with Crippen molar-refractivity contribution in [3.63, 3.8) is 0 Å². The molecule has 0 saturated carbocycles. The summed E-state index contributed by atoms with van der Waals surface area (Å²) in [5, 5.41) is 21.1. The van der Waals surface area contributed by atoms with E-state index in [1.54, 1.807) is 13.0 Å². The molecule has 1 amide bonds. The van der Waals surface area contributed by atoms with Crippen LogP contribution < -0.4 is 5.43 Å². The molecule has 0 fully saturated rings. The van der Waals surface area contributed by atoms with Crippen molar-refractivity contribution in [2.24, 2.45) is 5.10 Å². The molecule has 0 aliphatic carbocycles. The van der Waals surface area contributed by atoms with Crippen molar-refractivity contribution < 1.29 is 9.72 Å². The van der Waals surface area contributed by atoms with Gasteiger partial charge in [0.1, 0.15) is 0 Å². The highest BCUT2D eigenvalue weighted by Crippen LogP contribution is 2.20. The number of nitrogens with one attached hydrogen (secondary N) is 2. The number of non-ortho nitro benzene ring substituents is 1. The molecule has 0 unspecified atom stereocenters. The molecule has 0 bridgehead atoms. The predicted octanol–water partition coefficient (Wildman–Crippen LogP) is 2.04. The number of rotatable bonds is 4. The summed E-state index contributed by atoms with van der Waals surface area (Å²) in [5.41, 5.74) is 3.40. The summed E-state index contributed by atoms with van der Waals surface area (Å²) in [6, 6.07) is 5.49. The fourth-order valence-electron chi connectivity index (χ4n) is 1.50. The van der Waals surface area contributed by atoms with Gasteiger partial charge in [-0.1, -0.05) is 11.6 Å². The summed E-state index contributed by atoms with van der Waals surface area (Å²) in [7, 11) is 0. The maximum atomic E-state index is 11.7. The number of aryl methyl sites for hydroxylation is 1. The summed E-state index contributed by atoms with van der Waals surface area (Å²) in [5.74, 6) is -0.503. The van der Waals surface area contributed by atoms with Gasteiger partial charge in [0.15, 0.2) is 5.69 Å². The number of H-pyrrole nitrogens is 1. The van der Waals surface area contributed by atoms with Gasteiger partial charge in [0.25, 0.3) is 11.6 Å². The molecule has 2 N–H and O–H groups in total. The fourth-order valence-corrected chi connectivity index (χ4v) is 1.66. The molecule has 2 rings (SSSR count). The van der Waals surface area contributed by atoms with Crippen molar-refractivity contribution in [1.82, 2.24) is 15.6 Å². The lowest BCUT2D eigenvalue weighted by atomic mass is 10.2. The first-order chi connectivity index (χ1) is 9.97. The molecule has 0 radical (unpaired) electrons. The number of amides is 1. The van der Waals surface area contributed by atoms with Crippen LogP contribution in [0.2, 0.25) is 5.02 Å². The van der Waals surface area contributed by atoms with Crippen LogP contribution in [0, 0.1) is 17.0 Å². The number of nitrogens with zero attached hydrogens (tertiary/aromatic N) is 3. The van der Waals surface area contributed by atoms with Crippen molar-refractivity contribution in [3.8, 4) is 0 Å². The summed E-state index contributed by atoms with van der Waals surface area (Å²) in [4.78, 5) is 21.8. The van der Waals surface area contributed by atoms with Crippen molar-refractivity contribution >= 4 is 29.4 Å². The summed E-state index contributed by atoms with van der Waals surface area (Å²) < 4.78 is 0. The van der Waals surface area contributed by atoms with E-state index in [-0.39, 0.29) is 16.4 Å². The van der Waals surface area contributed by atoms with Crippen LogP contribution in [0.1, 0.15) is 21.7 Å². The lowest BCUT2D eigenvalue weighted by Crippen LogP contribution is -2.18. The van der Waals surface area contributed by atoms with E-state index in [0.717, 1.165) is 5.69 Å². The third-order valence-electron chi connectivity index (χ3n) is 2.50. The average molecular weight is 308 g/mol. The topological polar surface area (TPSA) is 113 Å². The molecule has 108 valence electrons. The lowest BCUT2D eigenvalue weighted by Gasteiger charge is -1.98. The number of halogens is 1. The van der Waals surface area contributed by atoms with Gasteiger partial charge in [0.05, 0.1) is 11.1 Å². The van der Waals surface area contributed by atoms with Gasteiger partial charge in [-0.15, -0.1) is 0 Å². The third-order valence-corrected chi connectivity index (χ3v) is 2.84. The van der Waals surface area contributed by atoms with Gasteiger partial charge < -0.3 is 0 Å². The van der Waals surface area contributed by atoms with Gasteiger partial charge >= 0.3 is 0 Å². The number of benzene rings is 1. The van der Waals surface area contributed by atoms with E-state index >= 15 is 0 Å². The number of carbonyl (C=O) groups is 1. The number of nitro benzene ring substituents is 1. The van der Waals surface area contributed by atoms with Crippen LogP contribution in [-0.4, -0.2) is 27.2 Å². The fraction of sp³-hybridized carbons (Fsp3) is 0.0833. The average Bonchev–Trinajstić information content (AvgIpc) is 2.87. The Morgan fingerprint density at radius 3 is 2.90 bits per heavy atom.